The van der Waals surface area contributed by atoms with Gasteiger partial charge >= 0.3 is 5.69 Å². The van der Waals surface area contributed by atoms with E-state index in [9.17, 15) is 9.59 Å². The lowest BCUT2D eigenvalue weighted by atomic mass is 10.2. The molecular formula is C20H21ClN4O2. The molecule has 1 N–H and O–H groups in total. The lowest BCUT2D eigenvalue weighted by Gasteiger charge is -2.36. The standard InChI is InChI=1S/C20H21ClN4O2/c21-15-6-7-18-17(14-15)19(26)25(20(27)22-18)13-10-23-8-11-24(12-9-23)16-4-2-1-3-5-16/h1-7,14H,8-13H2,(H,22,27). The van der Waals surface area contributed by atoms with Crippen LogP contribution in [0, 0.1) is 0 Å². The van der Waals surface area contributed by atoms with Crippen LogP contribution in [0.5, 0.6) is 0 Å². The molecule has 0 radical (unpaired) electrons. The van der Waals surface area contributed by atoms with Crippen molar-refractivity contribution in [1.29, 1.82) is 0 Å². The monoisotopic (exact) mass is 384 g/mol. The number of aromatic nitrogens is 2. The fourth-order valence-corrected chi connectivity index (χ4v) is 3.71. The number of aromatic amines is 1. The third-order valence-electron chi connectivity index (χ3n) is 5.08. The molecule has 7 heteroatoms. The summed E-state index contributed by atoms with van der Waals surface area (Å²) >= 11 is 5.99. The number of hydrogen-bond acceptors (Lipinski definition) is 4. The normalized spacial score (nSPS) is 15.4. The molecule has 0 unspecified atom stereocenters. The van der Waals surface area contributed by atoms with E-state index in [0.29, 0.717) is 29.0 Å². The zero-order valence-electron chi connectivity index (χ0n) is 14.9. The predicted molar refractivity (Wildman–Crippen MR) is 109 cm³/mol. The lowest BCUT2D eigenvalue weighted by Crippen LogP contribution is -2.48. The van der Waals surface area contributed by atoms with Gasteiger partial charge in [0.05, 0.1) is 10.9 Å². The second-order valence-electron chi connectivity index (χ2n) is 6.74. The highest BCUT2D eigenvalue weighted by molar-refractivity contribution is 6.31. The van der Waals surface area contributed by atoms with Crippen LogP contribution in [0.1, 0.15) is 0 Å². The van der Waals surface area contributed by atoms with E-state index >= 15 is 0 Å². The summed E-state index contributed by atoms with van der Waals surface area (Å²) in [5, 5.41) is 0.922. The Bertz CT molecular complexity index is 1050. The molecule has 27 heavy (non-hydrogen) atoms. The first-order chi connectivity index (χ1) is 13.1. The highest BCUT2D eigenvalue weighted by Gasteiger charge is 2.17. The number of fused-ring (bicyclic) bond motifs is 1. The van der Waals surface area contributed by atoms with Gasteiger partial charge in [-0.25, -0.2) is 4.79 Å². The van der Waals surface area contributed by atoms with Crippen LogP contribution >= 0.6 is 11.6 Å². The fourth-order valence-electron chi connectivity index (χ4n) is 3.54. The van der Waals surface area contributed by atoms with Crippen molar-refractivity contribution in [3.63, 3.8) is 0 Å². The van der Waals surface area contributed by atoms with E-state index in [1.807, 2.05) is 18.2 Å². The first-order valence-electron chi connectivity index (χ1n) is 9.06. The van der Waals surface area contributed by atoms with Gasteiger partial charge in [-0.1, -0.05) is 29.8 Å². The number of anilines is 1. The molecule has 140 valence electrons. The maximum atomic E-state index is 12.7. The molecule has 1 aliphatic heterocycles. The van der Waals surface area contributed by atoms with Crippen LogP contribution in [-0.4, -0.2) is 47.2 Å². The van der Waals surface area contributed by atoms with E-state index < -0.39 is 0 Å². The molecule has 1 saturated heterocycles. The summed E-state index contributed by atoms with van der Waals surface area (Å²) < 4.78 is 1.27. The minimum Gasteiger partial charge on any atom is -0.369 e. The molecule has 1 aromatic heterocycles. The summed E-state index contributed by atoms with van der Waals surface area (Å²) in [6.07, 6.45) is 0. The highest BCUT2D eigenvalue weighted by Crippen LogP contribution is 2.16. The molecule has 0 bridgehead atoms. The molecule has 2 aromatic carbocycles. The van der Waals surface area contributed by atoms with E-state index in [1.54, 1.807) is 18.2 Å². The number of halogens is 1. The van der Waals surface area contributed by atoms with Crippen LogP contribution in [0.4, 0.5) is 5.69 Å². The lowest BCUT2D eigenvalue weighted by molar-refractivity contribution is 0.246. The smallest absolute Gasteiger partial charge is 0.328 e. The quantitative estimate of drug-likeness (QED) is 0.748. The van der Waals surface area contributed by atoms with Crippen LogP contribution in [0.3, 0.4) is 0 Å². The number of rotatable bonds is 4. The van der Waals surface area contributed by atoms with Gasteiger partial charge in [0.1, 0.15) is 0 Å². The van der Waals surface area contributed by atoms with Gasteiger partial charge in [0.15, 0.2) is 0 Å². The van der Waals surface area contributed by atoms with Gasteiger partial charge in [0, 0.05) is 50.0 Å². The van der Waals surface area contributed by atoms with Crippen molar-refractivity contribution < 1.29 is 0 Å². The highest BCUT2D eigenvalue weighted by atomic mass is 35.5. The van der Waals surface area contributed by atoms with Gasteiger partial charge in [0.25, 0.3) is 5.56 Å². The maximum absolute atomic E-state index is 12.7. The molecule has 1 fully saturated rings. The average Bonchev–Trinajstić information content (AvgIpc) is 2.70. The van der Waals surface area contributed by atoms with Crippen LogP contribution in [0.25, 0.3) is 10.9 Å². The summed E-state index contributed by atoms with van der Waals surface area (Å²) in [7, 11) is 0. The number of benzene rings is 2. The largest absolute Gasteiger partial charge is 0.369 e. The summed E-state index contributed by atoms with van der Waals surface area (Å²) in [5.74, 6) is 0. The third kappa shape index (κ3) is 3.77. The molecule has 1 aliphatic rings. The molecule has 3 aromatic rings. The summed E-state index contributed by atoms with van der Waals surface area (Å²) in [6.45, 7) is 4.70. The molecule has 6 nitrogen and oxygen atoms in total. The Morgan fingerprint density at radius 2 is 1.67 bits per heavy atom. The van der Waals surface area contributed by atoms with Crippen LogP contribution in [0.2, 0.25) is 5.02 Å². The number of nitrogens with zero attached hydrogens (tertiary/aromatic N) is 3. The van der Waals surface area contributed by atoms with Crippen molar-refractivity contribution >= 4 is 28.2 Å². The summed E-state index contributed by atoms with van der Waals surface area (Å²) in [4.78, 5) is 32.4. The maximum Gasteiger partial charge on any atom is 0.328 e. The minimum atomic E-state index is -0.377. The fraction of sp³-hybridized carbons (Fsp3) is 0.300. The Labute approximate surface area is 161 Å². The summed E-state index contributed by atoms with van der Waals surface area (Å²) in [5.41, 5.74) is 1.08. The molecule has 2 heterocycles. The van der Waals surface area contributed by atoms with Gasteiger partial charge in [-0.05, 0) is 30.3 Å². The molecule has 0 saturated carbocycles. The number of para-hydroxylation sites is 1. The summed E-state index contributed by atoms with van der Waals surface area (Å²) in [6, 6.07) is 15.3. The van der Waals surface area contributed by atoms with Crippen LogP contribution in [0.15, 0.2) is 58.1 Å². The van der Waals surface area contributed by atoms with Crippen molar-refractivity contribution in [2.75, 3.05) is 37.6 Å². The van der Waals surface area contributed by atoms with Crippen LogP contribution in [-0.2, 0) is 6.54 Å². The first kappa shape index (κ1) is 17.8. The molecular weight excluding hydrogens is 364 g/mol. The van der Waals surface area contributed by atoms with E-state index in [0.717, 1.165) is 26.2 Å². The van der Waals surface area contributed by atoms with Crippen molar-refractivity contribution in [1.82, 2.24) is 14.5 Å². The van der Waals surface area contributed by atoms with Crippen molar-refractivity contribution in [3.05, 3.63) is 74.4 Å². The molecule has 0 amide bonds. The van der Waals surface area contributed by atoms with Gasteiger partial charge in [-0.15, -0.1) is 0 Å². The Morgan fingerprint density at radius 1 is 0.926 bits per heavy atom. The average molecular weight is 385 g/mol. The zero-order chi connectivity index (χ0) is 18.8. The Morgan fingerprint density at radius 3 is 2.41 bits per heavy atom. The Kier molecular flexibility index (Phi) is 5.01. The van der Waals surface area contributed by atoms with E-state index in [4.69, 9.17) is 11.6 Å². The minimum absolute atomic E-state index is 0.292. The molecule has 4 rings (SSSR count). The number of nitrogens with one attached hydrogen (secondary N) is 1. The van der Waals surface area contributed by atoms with Crippen molar-refractivity contribution in [2.24, 2.45) is 0 Å². The zero-order valence-corrected chi connectivity index (χ0v) is 15.7. The van der Waals surface area contributed by atoms with Crippen molar-refractivity contribution in [2.45, 2.75) is 6.54 Å². The van der Waals surface area contributed by atoms with E-state index in [2.05, 4.69) is 26.9 Å². The number of piperazine rings is 1. The Balaban J connectivity index is 1.44. The number of hydrogen-bond donors (Lipinski definition) is 1. The molecule has 0 aliphatic carbocycles. The first-order valence-corrected chi connectivity index (χ1v) is 9.44. The van der Waals surface area contributed by atoms with Crippen molar-refractivity contribution in [3.8, 4) is 0 Å². The topological polar surface area (TPSA) is 61.3 Å². The second kappa shape index (κ2) is 7.58. The SMILES string of the molecule is O=c1[nH]c2ccc(Cl)cc2c(=O)n1CCN1CCN(c2ccccc2)CC1. The van der Waals surface area contributed by atoms with Gasteiger partial charge in [-0.3, -0.25) is 14.3 Å². The van der Waals surface area contributed by atoms with Gasteiger partial charge in [0.2, 0.25) is 0 Å². The third-order valence-corrected chi connectivity index (χ3v) is 5.31. The predicted octanol–water partition coefficient (Wildman–Crippen LogP) is 2.17. The van der Waals surface area contributed by atoms with Gasteiger partial charge in [-0.2, -0.15) is 0 Å². The molecule has 0 atom stereocenters. The van der Waals surface area contributed by atoms with E-state index in [-0.39, 0.29) is 11.2 Å². The van der Waals surface area contributed by atoms with Crippen LogP contribution < -0.4 is 16.1 Å². The molecule has 0 spiro atoms. The second-order valence-corrected chi connectivity index (χ2v) is 7.18. The van der Waals surface area contributed by atoms with Gasteiger partial charge < -0.3 is 9.88 Å². The number of H-pyrrole nitrogens is 1. The Hall–Kier alpha value is -2.57. The van der Waals surface area contributed by atoms with E-state index in [1.165, 1.54) is 10.3 Å².